The van der Waals surface area contributed by atoms with Crippen molar-refractivity contribution in [3.05, 3.63) is 46.8 Å². The van der Waals surface area contributed by atoms with Crippen LogP contribution in [0.25, 0.3) is 10.8 Å². The predicted molar refractivity (Wildman–Crippen MR) is 78.6 cm³/mol. The van der Waals surface area contributed by atoms with Crippen LogP contribution in [0.15, 0.2) is 18.2 Å². The van der Waals surface area contributed by atoms with Crippen LogP contribution in [0.4, 0.5) is 13.2 Å². The first-order chi connectivity index (χ1) is 9.49. The molecule has 2 aromatic rings. The molecule has 3 heteroatoms. The average molecular weight is 282 g/mol. The largest absolute Gasteiger partial charge is 0.203 e. The summed E-state index contributed by atoms with van der Waals surface area (Å²) in [6.07, 6.45) is 0.337. The zero-order valence-corrected chi connectivity index (χ0v) is 12.7. The minimum Gasteiger partial charge on any atom is -0.203 e. The van der Waals surface area contributed by atoms with Gasteiger partial charge >= 0.3 is 0 Å². The highest BCUT2D eigenvalue weighted by molar-refractivity contribution is 5.90. The number of benzene rings is 2. The van der Waals surface area contributed by atoms with Crippen molar-refractivity contribution >= 4 is 10.8 Å². The van der Waals surface area contributed by atoms with Crippen LogP contribution in [0.5, 0.6) is 0 Å². The van der Waals surface area contributed by atoms with Gasteiger partial charge in [0.15, 0.2) is 17.5 Å². The molecule has 0 aliphatic rings. The zero-order valence-electron chi connectivity index (χ0n) is 12.7. The highest BCUT2D eigenvalue weighted by Gasteiger charge is 2.21. The topological polar surface area (TPSA) is 0 Å². The molecule has 0 fully saturated rings. The number of hydrogen-bond acceptors (Lipinski definition) is 0. The Morgan fingerprint density at radius 1 is 0.950 bits per heavy atom. The summed E-state index contributed by atoms with van der Waals surface area (Å²) in [6.45, 7) is 9.65. The van der Waals surface area contributed by atoms with E-state index in [1.54, 1.807) is 13.0 Å². The second-order valence-corrected chi connectivity index (χ2v) is 4.70. The van der Waals surface area contributed by atoms with Gasteiger partial charge in [0.25, 0.3) is 0 Å². The Morgan fingerprint density at radius 3 is 2.05 bits per heavy atom. The third-order valence-electron chi connectivity index (χ3n) is 3.26. The van der Waals surface area contributed by atoms with E-state index in [-0.39, 0.29) is 16.9 Å². The van der Waals surface area contributed by atoms with E-state index in [2.05, 4.69) is 0 Å². The fraction of sp³-hybridized carbons (Fsp3) is 0.412. The zero-order chi connectivity index (χ0) is 15.4. The lowest BCUT2D eigenvalue weighted by Gasteiger charge is -2.15. The standard InChI is InChI=1S/C15H15F3.C2H6/c1-4-9-12-10(8(2)3)6-5-7-11(12)14(17)15(18)13(9)16;1-2/h5-8H,4H2,1-3H3;1-2H3. The lowest BCUT2D eigenvalue weighted by Crippen LogP contribution is -2.03. The van der Waals surface area contributed by atoms with Crippen molar-refractivity contribution in [2.24, 2.45) is 0 Å². The van der Waals surface area contributed by atoms with Crippen molar-refractivity contribution < 1.29 is 13.2 Å². The van der Waals surface area contributed by atoms with Crippen molar-refractivity contribution in [3.63, 3.8) is 0 Å². The number of rotatable bonds is 2. The summed E-state index contributed by atoms with van der Waals surface area (Å²) in [5.74, 6) is -3.40. The molecule has 0 N–H and O–H groups in total. The predicted octanol–water partition coefficient (Wildman–Crippen LogP) is 5.97. The van der Waals surface area contributed by atoms with E-state index in [1.807, 2.05) is 33.8 Å². The summed E-state index contributed by atoms with van der Waals surface area (Å²) in [5.41, 5.74) is 1.11. The van der Waals surface area contributed by atoms with Crippen molar-refractivity contribution in [1.82, 2.24) is 0 Å². The molecule has 110 valence electrons. The number of aryl methyl sites for hydroxylation is 1. The Morgan fingerprint density at radius 2 is 1.55 bits per heavy atom. The number of fused-ring (bicyclic) bond motifs is 1. The third kappa shape index (κ3) is 2.67. The van der Waals surface area contributed by atoms with E-state index in [1.165, 1.54) is 6.07 Å². The van der Waals surface area contributed by atoms with Crippen LogP contribution in [0.2, 0.25) is 0 Å². The molecule has 0 bridgehead atoms. The highest BCUT2D eigenvalue weighted by Crippen LogP contribution is 2.33. The molecule has 0 saturated carbocycles. The minimum absolute atomic E-state index is 0.128. The summed E-state index contributed by atoms with van der Waals surface area (Å²) in [7, 11) is 0. The van der Waals surface area contributed by atoms with Gasteiger partial charge in [0.2, 0.25) is 0 Å². The fourth-order valence-corrected chi connectivity index (χ4v) is 2.36. The van der Waals surface area contributed by atoms with Crippen LogP contribution in [-0.4, -0.2) is 0 Å². The summed E-state index contributed by atoms with van der Waals surface area (Å²) in [6, 6.07) is 5.01. The minimum atomic E-state index is -1.37. The van der Waals surface area contributed by atoms with Gasteiger partial charge in [0, 0.05) is 5.39 Å². The quantitative estimate of drug-likeness (QED) is 0.595. The van der Waals surface area contributed by atoms with E-state index in [9.17, 15) is 13.2 Å². The first kappa shape index (κ1) is 16.5. The second kappa shape index (κ2) is 6.78. The van der Waals surface area contributed by atoms with E-state index in [4.69, 9.17) is 0 Å². The molecule has 2 rings (SSSR count). The van der Waals surface area contributed by atoms with Crippen LogP contribution in [-0.2, 0) is 6.42 Å². The molecular weight excluding hydrogens is 261 g/mol. The number of halogens is 3. The summed E-state index contributed by atoms with van der Waals surface area (Å²) >= 11 is 0. The molecule has 0 aromatic heterocycles. The van der Waals surface area contributed by atoms with Crippen molar-refractivity contribution in [3.8, 4) is 0 Å². The lowest BCUT2D eigenvalue weighted by atomic mass is 9.91. The molecule has 0 heterocycles. The second-order valence-electron chi connectivity index (χ2n) is 4.70. The molecule has 0 unspecified atom stereocenters. The summed E-state index contributed by atoms with van der Waals surface area (Å²) in [4.78, 5) is 0. The van der Waals surface area contributed by atoms with Gasteiger partial charge in [-0.15, -0.1) is 0 Å². The van der Waals surface area contributed by atoms with Gasteiger partial charge in [0.1, 0.15) is 0 Å². The van der Waals surface area contributed by atoms with Crippen LogP contribution in [0.1, 0.15) is 51.7 Å². The summed E-state index contributed by atoms with van der Waals surface area (Å²) in [5, 5.41) is 0.684. The Kier molecular flexibility index (Phi) is 5.61. The SMILES string of the molecule is CC.CCc1c(F)c(F)c(F)c2cccc(C(C)C)c12. The maximum atomic E-state index is 13.8. The normalized spacial score (nSPS) is 10.7. The third-order valence-corrected chi connectivity index (χ3v) is 3.26. The van der Waals surface area contributed by atoms with Crippen molar-refractivity contribution in [2.45, 2.75) is 47.0 Å². The monoisotopic (exact) mass is 282 g/mol. The molecular formula is C17H21F3. The molecule has 0 radical (unpaired) electrons. The van der Waals surface area contributed by atoms with Crippen molar-refractivity contribution in [1.29, 1.82) is 0 Å². The molecule has 0 saturated heterocycles. The number of hydrogen-bond donors (Lipinski definition) is 0. The molecule has 0 amide bonds. The Labute approximate surface area is 118 Å². The maximum absolute atomic E-state index is 13.8. The van der Waals surface area contributed by atoms with Crippen LogP contribution in [0, 0.1) is 17.5 Å². The van der Waals surface area contributed by atoms with E-state index in [0.717, 1.165) is 5.56 Å². The maximum Gasteiger partial charge on any atom is 0.195 e. The van der Waals surface area contributed by atoms with Gasteiger partial charge in [-0.25, -0.2) is 13.2 Å². The molecule has 0 aliphatic heterocycles. The molecule has 0 spiro atoms. The van der Waals surface area contributed by atoms with Gasteiger partial charge in [0.05, 0.1) is 0 Å². The van der Waals surface area contributed by atoms with Crippen molar-refractivity contribution in [2.75, 3.05) is 0 Å². The van der Waals surface area contributed by atoms with Gasteiger partial charge in [-0.1, -0.05) is 52.8 Å². The smallest absolute Gasteiger partial charge is 0.195 e. The van der Waals surface area contributed by atoms with Gasteiger partial charge < -0.3 is 0 Å². The Bertz CT molecular complexity index is 601. The van der Waals surface area contributed by atoms with E-state index >= 15 is 0 Å². The molecule has 2 aromatic carbocycles. The molecule has 0 aliphatic carbocycles. The van der Waals surface area contributed by atoms with Crippen LogP contribution < -0.4 is 0 Å². The van der Waals surface area contributed by atoms with E-state index in [0.29, 0.717) is 11.8 Å². The first-order valence-corrected chi connectivity index (χ1v) is 7.06. The Balaban J connectivity index is 0.000000956. The van der Waals surface area contributed by atoms with Crippen LogP contribution in [0.3, 0.4) is 0 Å². The van der Waals surface area contributed by atoms with Gasteiger partial charge in [-0.3, -0.25) is 0 Å². The average Bonchev–Trinajstić information content (AvgIpc) is 2.47. The highest BCUT2D eigenvalue weighted by atomic mass is 19.2. The molecule has 20 heavy (non-hydrogen) atoms. The van der Waals surface area contributed by atoms with E-state index < -0.39 is 17.5 Å². The van der Waals surface area contributed by atoms with Crippen LogP contribution >= 0.6 is 0 Å². The molecule has 0 nitrogen and oxygen atoms in total. The molecule has 0 atom stereocenters. The Hall–Kier alpha value is -1.51. The van der Waals surface area contributed by atoms with Gasteiger partial charge in [-0.2, -0.15) is 0 Å². The fourth-order valence-electron chi connectivity index (χ4n) is 2.36. The lowest BCUT2D eigenvalue weighted by molar-refractivity contribution is 0.448. The van der Waals surface area contributed by atoms with Gasteiger partial charge in [-0.05, 0) is 28.9 Å². The first-order valence-electron chi connectivity index (χ1n) is 7.06. The summed E-state index contributed by atoms with van der Waals surface area (Å²) < 4.78 is 41.1.